The second kappa shape index (κ2) is 9.48. The number of likely N-dealkylation sites (tertiary alicyclic amines) is 1. The molecule has 0 bridgehead atoms. The van der Waals surface area contributed by atoms with Crippen molar-refractivity contribution in [2.24, 2.45) is 5.92 Å². The molecule has 2 rings (SSSR count). The van der Waals surface area contributed by atoms with Gasteiger partial charge in [0.25, 0.3) is 0 Å². The molecule has 0 radical (unpaired) electrons. The Kier molecular flexibility index (Phi) is 7.33. The molecule has 1 aliphatic heterocycles. The van der Waals surface area contributed by atoms with E-state index in [2.05, 4.69) is 0 Å². The van der Waals surface area contributed by atoms with Gasteiger partial charge in [-0.05, 0) is 37.5 Å². The monoisotopic (exact) mass is 377 g/mol. The molecule has 0 aromatic heterocycles. The molecule has 3 amide bonds. The third-order valence-electron chi connectivity index (χ3n) is 5.01. The van der Waals surface area contributed by atoms with E-state index in [9.17, 15) is 9.59 Å². The maximum Gasteiger partial charge on any atom is 0.319 e. The summed E-state index contributed by atoms with van der Waals surface area (Å²) in [5.74, 6) is 1.46. The number of urea groups is 1. The van der Waals surface area contributed by atoms with Gasteiger partial charge in [-0.15, -0.1) is 0 Å². The van der Waals surface area contributed by atoms with Crippen LogP contribution in [0.4, 0.5) is 4.79 Å². The van der Waals surface area contributed by atoms with Crippen molar-refractivity contribution in [3.8, 4) is 11.5 Å². The van der Waals surface area contributed by atoms with E-state index in [1.165, 1.54) is 0 Å². The molecule has 1 saturated heterocycles. The largest absolute Gasteiger partial charge is 0.493 e. The minimum absolute atomic E-state index is 0.0126. The lowest BCUT2D eigenvalue weighted by molar-refractivity contribution is -0.137. The fourth-order valence-electron chi connectivity index (χ4n) is 3.40. The Morgan fingerprint density at radius 2 is 1.74 bits per heavy atom. The van der Waals surface area contributed by atoms with Crippen LogP contribution in [0.3, 0.4) is 0 Å². The lowest BCUT2D eigenvalue weighted by Crippen LogP contribution is -2.47. The lowest BCUT2D eigenvalue weighted by atomic mass is 9.95. The zero-order valence-corrected chi connectivity index (χ0v) is 17.0. The van der Waals surface area contributed by atoms with Crippen LogP contribution in [0.15, 0.2) is 18.2 Å². The summed E-state index contributed by atoms with van der Waals surface area (Å²) in [5, 5.41) is 0. The van der Waals surface area contributed by atoms with E-state index in [4.69, 9.17) is 9.47 Å². The van der Waals surface area contributed by atoms with Crippen LogP contribution in [0.5, 0.6) is 11.5 Å². The highest BCUT2D eigenvalue weighted by molar-refractivity contribution is 5.80. The summed E-state index contributed by atoms with van der Waals surface area (Å²) < 4.78 is 10.6. The number of nitrogens with zero attached hydrogens (tertiary/aromatic N) is 3. The SMILES string of the molecule is CCN(Cc1ccc(OC)c(OC)c1)C(=O)C1CCN(C(=O)N(C)C)CC1. The minimum Gasteiger partial charge on any atom is -0.493 e. The Labute approximate surface area is 161 Å². The molecule has 0 unspecified atom stereocenters. The van der Waals surface area contributed by atoms with Gasteiger partial charge in [-0.1, -0.05) is 6.07 Å². The van der Waals surface area contributed by atoms with Gasteiger partial charge in [0.1, 0.15) is 0 Å². The Balaban J connectivity index is 1.99. The molecule has 7 nitrogen and oxygen atoms in total. The van der Waals surface area contributed by atoms with Crippen molar-refractivity contribution < 1.29 is 19.1 Å². The van der Waals surface area contributed by atoms with Crippen molar-refractivity contribution in [3.63, 3.8) is 0 Å². The maximum atomic E-state index is 13.0. The topological polar surface area (TPSA) is 62.3 Å². The summed E-state index contributed by atoms with van der Waals surface area (Å²) in [6.45, 7) is 4.42. The number of piperidine rings is 1. The van der Waals surface area contributed by atoms with Crippen LogP contribution in [0.2, 0.25) is 0 Å². The fraction of sp³-hybridized carbons (Fsp3) is 0.600. The average Bonchev–Trinajstić information content (AvgIpc) is 2.70. The Bertz CT molecular complexity index is 655. The number of rotatable bonds is 6. The number of benzene rings is 1. The number of carbonyl (C=O) groups excluding carboxylic acids is 2. The van der Waals surface area contributed by atoms with Crippen LogP contribution in [-0.4, -0.2) is 74.6 Å². The van der Waals surface area contributed by atoms with Gasteiger partial charge in [0, 0.05) is 46.2 Å². The van der Waals surface area contributed by atoms with E-state index >= 15 is 0 Å². The van der Waals surface area contributed by atoms with Crippen molar-refractivity contribution in [2.45, 2.75) is 26.3 Å². The molecule has 150 valence electrons. The van der Waals surface area contributed by atoms with Gasteiger partial charge in [-0.3, -0.25) is 4.79 Å². The number of hydrogen-bond acceptors (Lipinski definition) is 4. The number of carbonyl (C=O) groups is 2. The molecule has 1 aromatic carbocycles. The van der Waals surface area contributed by atoms with E-state index in [0.29, 0.717) is 50.5 Å². The molecule has 0 N–H and O–H groups in total. The number of amides is 3. The van der Waals surface area contributed by atoms with Crippen LogP contribution in [0, 0.1) is 5.92 Å². The number of hydrogen-bond donors (Lipinski definition) is 0. The zero-order valence-electron chi connectivity index (χ0n) is 17.0. The second-order valence-electron chi connectivity index (χ2n) is 6.98. The first kappa shape index (κ1) is 20.9. The summed E-state index contributed by atoms with van der Waals surface area (Å²) in [6, 6.07) is 5.74. The first-order valence-corrected chi connectivity index (χ1v) is 9.37. The standard InChI is InChI=1S/C20H31N3O4/c1-6-22(14-15-7-8-17(26-4)18(13-15)27-5)19(24)16-9-11-23(12-10-16)20(25)21(2)3/h7-8,13,16H,6,9-12,14H2,1-5H3. The van der Waals surface area contributed by atoms with Gasteiger partial charge in [0.15, 0.2) is 11.5 Å². The first-order chi connectivity index (χ1) is 12.9. The van der Waals surface area contributed by atoms with Gasteiger partial charge >= 0.3 is 6.03 Å². The summed E-state index contributed by atoms with van der Waals surface area (Å²) in [5.41, 5.74) is 1.00. The molecular weight excluding hydrogens is 346 g/mol. The van der Waals surface area contributed by atoms with Crippen LogP contribution >= 0.6 is 0 Å². The van der Waals surface area contributed by atoms with Crippen molar-refractivity contribution in [1.29, 1.82) is 0 Å². The maximum absolute atomic E-state index is 13.0. The zero-order chi connectivity index (χ0) is 20.0. The van der Waals surface area contributed by atoms with Gasteiger partial charge in [0.05, 0.1) is 14.2 Å². The highest BCUT2D eigenvalue weighted by Gasteiger charge is 2.30. The molecule has 27 heavy (non-hydrogen) atoms. The summed E-state index contributed by atoms with van der Waals surface area (Å²) in [6.07, 6.45) is 1.42. The molecule has 1 aliphatic rings. The first-order valence-electron chi connectivity index (χ1n) is 9.37. The highest BCUT2D eigenvalue weighted by atomic mass is 16.5. The minimum atomic E-state index is -0.0312. The van der Waals surface area contributed by atoms with E-state index < -0.39 is 0 Å². The Morgan fingerprint density at radius 1 is 1.11 bits per heavy atom. The van der Waals surface area contributed by atoms with E-state index in [-0.39, 0.29) is 17.9 Å². The van der Waals surface area contributed by atoms with E-state index in [0.717, 1.165) is 5.56 Å². The summed E-state index contributed by atoms with van der Waals surface area (Å²) in [4.78, 5) is 30.3. The third kappa shape index (κ3) is 5.05. The normalized spacial score (nSPS) is 14.6. The Hall–Kier alpha value is -2.44. The predicted octanol–water partition coefficient (Wildman–Crippen LogP) is 2.45. The van der Waals surface area contributed by atoms with Crippen LogP contribution < -0.4 is 9.47 Å². The van der Waals surface area contributed by atoms with Crippen LogP contribution in [-0.2, 0) is 11.3 Å². The second-order valence-corrected chi connectivity index (χ2v) is 6.98. The smallest absolute Gasteiger partial charge is 0.319 e. The molecule has 0 aliphatic carbocycles. The molecule has 1 heterocycles. The van der Waals surface area contributed by atoms with Gasteiger partial charge in [-0.2, -0.15) is 0 Å². The van der Waals surface area contributed by atoms with Gasteiger partial charge in [0.2, 0.25) is 5.91 Å². The molecule has 7 heteroatoms. The Morgan fingerprint density at radius 3 is 2.26 bits per heavy atom. The number of methoxy groups -OCH3 is 2. The average molecular weight is 377 g/mol. The van der Waals surface area contributed by atoms with Crippen LogP contribution in [0.25, 0.3) is 0 Å². The lowest BCUT2D eigenvalue weighted by Gasteiger charge is -2.35. The van der Waals surface area contributed by atoms with Gasteiger partial charge < -0.3 is 24.2 Å². The van der Waals surface area contributed by atoms with Crippen molar-refractivity contribution in [3.05, 3.63) is 23.8 Å². The molecule has 1 aromatic rings. The summed E-state index contributed by atoms with van der Waals surface area (Å²) in [7, 11) is 6.71. The predicted molar refractivity (Wildman–Crippen MR) is 104 cm³/mol. The van der Waals surface area contributed by atoms with Gasteiger partial charge in [-0.25, -0.2) is 4.79 Å². The van der Waals surface area contributed by atoms with Crippen molar-refractivity contribution in [2.75, 3.05) is 47.9 Å². The van der Waals surface area contributed by atoms with Crippen LogP contribution in [0.1, 0.15) is 25.3 Å². The molecule has 0 saturated carbocycles. The molecule has 1 fully saturated rings. The van der Waals surface area contributed by atoms with Crippen molar-refractivity contribution >= 4 is 11.9 Å². The third-order valence-corrected chi connectivity index (χ3v) is 5.01. The molecular formula is C20H31N3O4. The molecule has 0 spiro atoms. The molecule has 0 atom stereocenters. The quantitative estimate of drug-likeness (QED) is 0.764. The van der Waals surface area contributed by atoms with Crippen molar-refractivity contribution in [1.82, 2.24) is 14.7 Å². The number of ether oxygens (including phenoxy) is 2. The fourth-order valence-corrected chi connectivity index (χ4v) is 3.40. The summed E-state index contributed by atoms with van der Waals surface area (Å²) >= 11 is 0. The van der Waals surface area contributed by atoms with E-state index in [1.54, 1.807) is 33.2 Å². The highest BCUT2D eigenvalue weighted by Crippen LogP contribution is 2.28. The van der Waals surface area contributed by atoms with E-state index in [1.807, 2.05) is 34.9 Å².